The number of benzene rings is 1. The van der Waals surface area contributed by atoms with Crippen LogP contribution >= 0.6 is 27.5 Å². The highest BCUT2D eigenvalue weighted by atomic mass is 79.9. The van der Waals surface area contributed by atoms with Crippen LogP contribution in [-0.4, -0.2) is 48.2 Å². The molecule has 0 amide bonds. The van der Waals surface area contributed by atoms with Crippen LogP contribution in [0.3, 0.4) is 0 Å². The van der Waals surface area contributed by atoms with Gasteiger partial charge in [0, 0.05) is 17.6 Å². The maximum absolute atomic E-state index is 12.4. The molecule has 1 aromatic carbocycles. The van der Waals surface area contributed by atoms with Gasteiger partial charge in [0.2, 0.25) is 10.0 Å². The van der Waals surface area contributed by atoms with Gasteiger partial charge in [-0.3, -0.25) is 0 Å². The Balaban J connectivity index is 2.34. The first kappa shape index (κ1) is 15.2. The molecule has 0 spiro atoms. The van der Waals surface area contributed by atoms with Crippen molar-refractivity contribution in [1.82, 2.24) is 4.31 Å². The van der Waals surface area contributed by atoms with E-state index in [1.807, 2.05) is 0 Å². The molecule has 2 rings (SSSR count). The molecule has 0 aromatic heterocycles. The summed E-state index contributed by atoms with van der Waals surface area (Å²) in [4.78, 5) is -0.000411. The molecule has 1 aromatic rings. The first-order valence-corrected chi connectivity index (χ1v) is 8.18. The third-order valence-electron chi connectivity index (χ3n) is 3.10. The maximum atomic E-state index is 12.4. The van der Waals surface area contributed by atoms with Gasteiger partial charge < -0.3 is 10.2 Å². The fraction of sp³-hybridized carbons (Fsp3) is 0.455. The second kappa shape index (κ2) is 5.31. The lowest BCUT2D eigenvalue weighted by Gasteiger charge is -2.21. The van der Waals surface area contributed by atoms with Crippen molar-refractivity contribution in [3.63, 3.8) is 0 Å². The second-order valence-electron chi connectivity index (χ2n) is 4.55. The van der Waals surface area contributed by atoms with Crippen molar-refractivity contribution >= 4 is 37.6 Å². The molecule has 1 fully saturated rings. The summed E-state index contributed by atoms with van der Waals surface area (Å²) in [6.07, 6.45) is 0.205. The number of halogens is 2. The summed E-state index contributed by atoms with van der Waals surface area (Å²) in [5.74, 6) is 0. The highest BCUT2D eigenvalue weighted by Crippen LogP contribution is 2.31. The van der Waals surface area contributed by atoms with E-state index in [0.29, 0.717) is 4.47 Å². The van der Waals surface area contributed by atoms with Crippen LogP contribution in [0.1, 0.15) is 6.42 Å². The van der Waals surface area contributed by atoms with Gasteiger partial charge in [-0.25, -0.2) is 8.42 Å². The van der Waals surface area contributed by atoms with E-state index in [2.05, 4.69) is 15.9 Å². The number of aliphatic hydroxyl groups excluding tert-OH is 1. The van der Waals surface area contributed by atoms with E-state index >= 15 is 0 Å². The van der Waals surface area contributed by atoms with Gasteiger partial charge in [-0.15, -0.1) is 0 Å². The van der Waals surface area contributed by atoms with E-state index in [9.17, 15) is 13.5 Å². The summed E-state index contributed by atoms with van der Waals surface area (Å²) in [5.41, 5.74) is -1.37. The van der Waals surface area contributed by atoms with Crippen LogP contribution in [0.25, 0.3) is 0 Å². The van der Waals surface area contributed by atoms with Crippen molar-refractivity contribution < 1.29 is 18.6 Å². The molecule has 0 saturated carbocycles. The number of β-amino-alcohol motifs (C(OH)–C–C–N with tert-alkyl or cyclic N) is 1. The van der Waals surface area contributed by atoms with E-state index < -0.39 is 22.2 Å². The van der Waals surface area contributed by atoms with Crippen LogP contribution < -0.4 is 0 Å². The summed E-state index contributed by atoms with van der Waals surface area (Å²) in [6.45, 7) is -0.433. The zero-order valence-corrected chi connectivity index (χ0v) is 13.0. The van der Waals surface area contributed by atoms with Gasteiger partial charge in [-0.1, -0.05) is 27.5 Å². The van der Waals surface area contributed by atoms with Gasteiger partial charge in [-0.05, 0) is 24.6 Å². The van der Waals surface area contributed by atoms with Crippen molar-refractivity contribution in [1.29, 1.82) is 0 Å². The Bertz CT molecular complexity index is 594. The molecule has 19 heavy (non-hydrogen) atoms. The minimum atomic E-state index is -3.76. The minimum absolute atomic E-state index is 0.000411. The lowest BCUT2D eigenvalue weighted by molar-refractivity contribution is -0.000733. The summed E-state index contributed by atoms with van der Waals surface area (Å²) >= 11 is 9.16. The number of hydrogen-bond acceptors (Lipinski definition) is 4. The van der Waals surface area contributed by atoms with Crippen LogP contribution in [0.15, 0.2) is 27.6 Å². The fourth-order valence-corrected chi connectivity index (χ4v) is 4.51. The highest BCUT2D eigenvalue weighted by molar-refractivity contribution is 9.10. The van der Waals surface area contributed by atoms with Gasteiger partial charge in [0.25, 0.3) is 0 Å². The zero-order chi connectivity index (χ0) is 14.3. The number of hydrogen-bond donors (Lipinski definition) is 2. The summed E-state index contributed by atoms with van der Waals surface area (Å²) in [6, 6.07) is 4.51. The summed E-state index contributed by atoms with van der Waals surface area (Å²) in [5, 5.41) is 19.1. The molecule has 0 radical (unpaired) electrons. The molecule has 0 unspecified atom stereocenters. The molecule has 1 atom stereocenters. The predicted octanol–water partition coefficient (Wildman–Crippen LogP) is 1.22. The molecule has 0 bridgehead atoms. The largest absolute Gasteiger partial charge is 0.393 e. The van der Waals surface area contributed by atoms with Gasteiger partial charge in [0.05, 0.1) is 11.6 Å². The first-order valence-electron chi connectivity index (χ1n) is 5.57. The van der Waals surface area contributed by atoms with Crippen LogP contribution in [-0.2, 0) is 10.0 Å². The SMILES string of the molecule is O=S(=O)(c1ccc(Br)cc1Cl)N1CC[C@](O)(CO)C1. The highest BCUT2D eigenvalue weighted by Gasteiger charge is 2.41. The summed E-state index contributed by atoms with van der Waals surface area (Å²) < 4.78 is 26.6. The molecule has 2 N–H and O–H groups in total. The monoisotopic (exact) mass is 369 g/mol. The molecule has 5 nitrogen and oxygen atoms in total. The zero-order valence-electron chi connectivity index (χ0n) is 9.88. The Morgan fingerprint density at radius 1 is 1.47 bits per heavy atom. The average Bonchev–Trinajstić information content (AvgIpc) is 2.73. The smallest absolute Gasteiger partial charge is 0.244 e. The Morgan fingerprint density at radius 2 is 2.16 bits per heavy atom. The normalized spacial score (nSPS) is 24.8. The third kappa shape index (κ3) is 2.96. The van der Waals surface area contributed by atoms with Crippen molar-refractivity contribution in [3.05, 3.63) is 27.7 Å². The molecule has 0 aliphatic carbocycles. The minimum Gasteiger partial charge on any atom is -0.393 e. The van der Waals surface area contributed by atoms with E-state index in [1.54, 1.807) is 6.07 Å². The van der Waals surface area contributed by atoms with Crippen molar-refractivity contribution in [2.24, 2.45) is 0 Å². The standard InChI is InChI=1S/C11H13BrClNO4S/c12-8-1-2-10(9(13)5-8)19(17,18)14-4-3-11(16,6-14)7-15/h1-2,5,15-16H,3-4,6-7H2/t11-/m1/s1. The fourth-order valence-electron chi connectivity index (χ4n) is 1.98. The van der Waals surface area contributed by atoms with Gasteiger partial charge in [0.15, 0.2) is 0 Å². The van der Waals surface area contributed by atoms with Crippen molar-refractivity contribution in [2.75, 3.05) is 19.7 Å². The average molecular weight is 371 g/mol. The quantitative estimate of drug-likeness (QED) is 0.839. The Morgan fingerprint density at radius 3 is 2.68 bits per heavy atom. The van der Waals surface area contributed by atoms with Gasteiger partial charge in [-0.2, -0.15) is 4.31 Å². The van der Waals surface area contributed by atoms with Crippen LogP contribution in [0.2, 0.25) is 5.02 Å². The number of aliphatic hydroxyl groups is 2. The van der Waals surface area contributed by atoms with Gasteiger partial charge in [0.1, 0.15) is 10.5 Å². The lowest BCUT2D eigenvalue weighted by Crippen LogP contribution is -2.38. The third-order valence-corrected chi connectivity index (χ3v) is 5.92. The second-order valence-corrected chi connectivity index (χ2v) is 7.78. The molecule has 8 heteroatoms. The number of nitrogens with zero attached hydrogens (tertiary/aromatic N) is 1. The van der Waals surface area contributed by atoms with E-state index in [1.165, 1.54) is 12.1 Å². The molecule has 1 heterocycles. The van der Waals surface area contributed by atoms with Crippen LogP contribution in [0.5, 0.6) is 0 Å². The van der Waals surface area contributed by atoms with E-state index in [-0.39, 0.29) is 29.4 Å². The topological polar surface area (TPSA) is 77.8 Å². The van der Waals surface area contributed by atoms with Crippen molar-refractivity contribution in [3.8, 4) is 0 Å². The van der Waals surface area contributed by atoms with Crippen LogP contribution in [0.4, 0.5) is 0 Å². The van der Waals surface area contributed by atoms with E-state index in [0.717, 1.165) is 4.31 Å². The lowest BCUT2D eigenvalue weighted by atomic mass is 10.1. The molecule has 1 saturated heterocycles. The van der Waals surface area contributed by atoms with Crippen LogP contribution in [0, 0.1) is 0 Å². The van der Waals surface area contributed by atoms with E-state index in [4.69, 9.17) is 16.7 Å². The number of sulfonamides is 1. The Hall–Kier alpha value is -0.180. The van der Waals surface area contributed by atoms with Gasteiger partial charge >= 0.3 is 0 Å². The predicted molar refractivity (Wildman–Crippen MR) is 74.6 cm³/mol. The number of rotatable bonds is 3. The molecule has 106 valence electrons. The Labute approximate surface area is 125 Å². The van der Waals surface area contributed by atoms with Crippen molar-refractivity contribution in [2.45, 2.75) is 16.9 Å². The Kier molecular flexibility index (Phi) is 4.25. The molecule has 1 aliphatic rings. The first-order chi connectivity index (χ1) is 8.78. The molecular formula is C11H13BrClNO4S. The summed E-state index contributed by atoms with van der Waals surface area (Å²) in [7, 11) is -3.76. The maximum Gasteiger partial charge on any atom is 0.244 e. The molecular weight excluding hydrogens is 358 g/mol. The molecule has 1 aliphatic heterocycles.